The molecule has 26 heavy (non-hydrogen) atoms. The molecule has 1 aromatic carbocycles. The molecule has 0 bridgehead atoms. The van der Waals surface area contributed by atoms with E-state index in [0.29, 0.717) is 16.8 Å². The molecule has 0 amide bonds. The van der Waals surface area contributed by atoms with Crippen LogP contribution in [0.25, 0.3) is 22.4 Å². The van der Waals surface area contributed by atoms with Crippen molar-refractivity contribution in [3.05, 3.63) is 72.6 Å². The summed E-state index contributed by atoms with van der Waals surface area (Å²) in [5.41, 5.74) is 1.80. The van der Waals surface area contributed by atoms with E-state index in [1.165, 1.54) is 12.4 Å². The molecule has 3 heterocycles. The van der Waals surface area contributed by atoms with Crippen molar-refractivity contribution in [1.29, 1.82) is 0 Å². The number of halogens is 1. The Morgan fingerprint density at radius 1 is 0.962 bits per heavy atom. The first-order valence-electron chi connectivity index (χ1n) is 7.73. The first kappa shape index (κ1) is 16.3. The highest BCUT2D eigenvalue weighted by atomic mass is 32.2. The number of fused-ring (bicyclic) bond motifs is 1. The van der Waals surface area contributed by atoms with Crippen LogP contribution in [0.1, 0.15) is 5.56 Å². The average Bonchev–Trinajstić information content (AvgIpc) is 3.08. The van der Waals surface area contributed by atoms with Crippen molar-refractivity contribution < 1.29 is 12.8 Å². The highest BCUT2D eigenvalue weighted by Crippen LogP contribution is 2.28. The van der Waals surface area contributed by atoms with Gasteiger partial charge in [0.2, 0.25) is 0 Å². The van der Waals surface area contributed by atoms with Crippen molar-refractivity contribution in [1.82, 2.24) is 18.9 Å². The first-order valence-corrected chi connectivity index (χ1v) is 9.17. The lowest BCUT2D eigenvalue weighted by atomic mass is 10.2. The lowest BCUT2D eigenvalue weighted by Crippen LogP contribution is -2.12. The molecule has 0 aliphatic rings. The van der Waals surface area contributed by atoms with E-state index in [9.17, 15) is 12.8 Å². The van der Waals surface area contributed by atoms with Gasteiger partial charge in [0.15, 0.2) is 17.3 Å². The maximum Gasteiger partial charge on any atom is 0.269 e. The van der Waals surface area contributed by atoms with Crippen molar-refractivity contribution in [3.8, 4) is 11.4 Å². The zero-order valence-corrected chi connectivity index (χ0v) is 14.5. The van der Waals surface area contributed by atoms with Crippen LogP contribution in [0.3, 0.4) is 0 Å². The van der Waals surface area contributed by atoms with Gasteiger partial charge in [-0.3, -0.25) is 0 Å². The average molecular weight is 368 g/mol. The van der Waals surface area contributed by atoms with Gasteiger partial charge in [-0.1, -0.05) is 17.7 Å². The van der Waals surface area contributed by atoms with Gasteiger partial charge in [0.1, 0.15) is 0 Å². The minimum absolute atomic E-state index is 0.172. The molecule has 0 radical (unpaired) electrons. The fraction of sp³-hybridized carbons (Fsp3) is 0.0556. The highest BCUT2D eigenvalue weighted by Gasteiger charge is 2.21. The van der Waals surface area contributed by atoms with E-state index in [2.05, 4.69) is 15.0 Å². The van der Waals surface area contributed by atoms with Crippen molar-refractivity contribution in [3.63, 3.8) is 0 Å². The molecule has 4 aromatic rings. The van der Waals surface area contributed by atoms with Crippen LogP contribution in [0.2, 0.25) is 0 Å². The molecule has 0 N–H and O–H groups in total. The van der Waals surface area contributed by atoms with Crippen LogP contribution < -0.4 is 0 Å². The second kappa shape index (κ2) is 5.99. The Labute approximate surface area is 149 Å². The van der Waals surface area contributed by atoms with Crippen LogP contribution in [0.5, 0.6) is 0 Å². The van der Waals surface area contributed by atoms with Gasteiger partial charge in [0.05, 0.1) is 17.3 Å². The number of benzene rings is 1. The zero-order chi connectivity index (χ0) is 18.3. The van der Waals surface area contributed by atoms with Crippen molar-refractivity contribution >= 4 is 21.1 Å². The summed E-state index contributed by atoms with van der Waals surface area (Å²) < 4.78 is 40.1. The fourth-order valence-electron chi connectivity index (χ4n) is 2.68. The van der Waals surface area contributed by atoms with Crippen LogP contribution in [0, 0.1) is 12.7 Å². The summed E-state index contributed by atoms with van der Waals surface area (Å²) in [6.45, 7) is 1.89. The van der Waals surface area contributed by atoms with E-state index in [1.54, 1.807) is 36.4 Å². The summed E-state index contributed by atoms with van der Waals surface area (Å²) in [4.78, 5) is 12.3. The molecule has 0 aliphatic carbocycles. The molecule has 130 valence electrons. The van der Waals surface area contributed by atoms with Gasteiger partial charge in [-0.15, -0.1) is 0 Å². The molecular weight excluding hydrogens is 355 g/mol. The molecular formula is C18H13FN4O2S. The molecule has 0 spiro atoms. The summed E-state index contributed by atoms with van der Waals surface area (Å²) in [5, 5.41) is 0.565. The second-order valence-corrected chi connectivity index (χ2v) is 7.57. The van der Waals surface area contributed by atoms with E-state index < -0.39 is 15.8 Å². The summed E-state index contributed by atoms with van der Waals surface area (Å²) >= 11 is 0. The van der Waals surface area contributed by atoms with Crippen molar-refractivity contribution in [2.75, 3.05) is 0 Å². The third-order valence-corrected chi connectivity index (χ3v) is 5.67. The number of rotatable bonds is 3. The van der Waals surface area contributed by atoms with E-state index in [4.69, 9.17) is 0 Å². The number of hydrogen-bond acceptors (Lipinski definition) is 5. The Bertz CT molecular complexity index is 1200. The van der Waals surface area contributed by atoms with Crippen molar-refractivity contribution in [2.24, 2.45) is 0 Å². The quantitative estimate of drug-likeness (QED) is 0.555. The molecule has 0 unspecified atom stereocenters. The minimum atomic E-state index is -3.79. The third-order valence-electron chi connectivity index (χ3n) is 3.99. The molecule has 6 nitrogen and oxygen atoms in total. The summed E-state index contributed by atoms with van der Waals surface area (Å²) in [6, 6.07) is 9.90. The van der Waals surface area contributed by atoms with Crippen LogP contribution in [-0.4, -0.2) is 27.3 Å². The molecule has 8 heteroatoms. The van der Waals surface area contributed by atoms with Gasteiger partial charge >= 0.3 is 0 Å². The maximum atomic E-state index is 13.1. The molecule has 0 fully saturated rings. The highest BCUT2D eigenvalue weighted by molar-refractivity contribution is 7.90. The summed E-state index contributed by atoms with van der Waals surface area (Å²) in [7, 11) is -3.79. The van der Waals surface area contributed by atoms with Crippen LogP contribution in [-0.2, 0) is 10.0 Å². The minimum Gasteiger partial charge on any atom is -0.237 e. The van der Waals surface area contributed by atoms with Gasteiger partial charge in [-0.25, -0.2) is 31.7 Å². The topological polar surface area (TPSA) is 77.7 Å². The van der Waals surface area contributed by atoms with Gasteiger partial charge in [-0.2, -0.15) is 0 Å². The normalized spacial score (nSPS) is 11.8. The fourth-order valence-corrected chi connectivity index (χ4v) is 3.98. The summed E-state index contributed by atoms with van der Waals surface area (Å²) in [5.74, 6) is -0.247. The SMILES string of the molecule is Cc1ccc(S(=O)(=O)n2ccc3c(-c4ncc(F)cn4)ccnc32)cc1. The maximum absolute atomic E-state index is 13.1. The van der Waals surface area contributed by atoms with Crippen molar-refractivity contribution in [2.45, 2.75) is 11.8 Å². The van der Waals surface area contributed by atoms with E-state index in [1.807, 2.05) is 6.92 Å². The lowest BCUT2D eigenvalue weighted by Gasteiger charge is -2.08. The molecule has 0 atom stereocenters. The number of aromatic nitrogens is 4. The standard InChI is InChI=1S/C18H13FN4O2S/c1-12-2-4-14(5-3-12)26(24,25)23-9-7-16-15(6-8-20-18(16)23)17-21-10-13(19)11-22-17/h2-11H,1H3. The third kappa shape index (κ3) is 2.64. The molecule has 0 aliphatic heterocycles. The second-order valence-electron chi connectivity index (χ2n) is 5.75. The predicted octanol–water partition coefficient (Wildman–Crippen LogP) is 3.18. The monoisotopic (exact) mass is 368 g/mol. The van der Waals surface area contributed by atoms with Gasteiger partial charge < -0.3 is 0 Å². The Balaban J connectivity index is 1.89. The van der Waals surface area contributed by atoms with Gasteiger partial charge in [-0.05, 0) is 31.2 Å². The Kier molecular flexibility index (Phi) is 3.77. The first-order chi connectivity index (χ1) is 12.5. The van der Waals surface area contributed by atoms with E-state index in [-0.39, 0.29) is 10.5 Å². The Morgan fingerprint density at radius 2 is 1.65 bits per heavy atom. The smallest absolute Gasteiger partial charge is 0.237 e. The number of hydrogen-bond donors (Lipinski definition) is 0. The number of aryl methyl sites for hydroxylation is 1. The van der Waals surface area contributed by atoms with Crippen LogP contribution in [0.4, 0.5) is 4.39 Å². The molecule has 3 aromatic heterocycles. The van der Waals surface area contributed by atoms with E-state index >= 15 is 0 Å². The molecule has 4 rings (SSSR count). The summed E-state index contributed by atoms with van der Waals surface area (Å²) in [6.07, 6.45) is 5.05. The Morgan fingerprint density at radius 3 is 2.35 bits per heavy atom. The van der Waals surface area contributed by atoms with Crippen LogP contribution >= 0.6 is 0 Å². The van der Waals surface area contributed by atoms with Crippen LogP contribution in [0.15, 0.2) is 66.1 Å². The predicted molar refractivity (Wildman–Crippen MR) is 94.5 cm³/mol. The number of pyridine rings is 1. The molecule has 0 saturated carbocycles. The van der Waals surface area contributed by atoms with E-state index in [0.717, 1.165) is 21.9 Å². The Hall–Kier alpha value is -3.13. The lowest BCUT2D eigenvalue weighted by molar-refractivity contribution is 0.588. The zero-order valence-electron chi connectivity index (χ0n) is 13.7. The van der Waals surface area contributed by atoms with Gasteiger partial charge in [0, 0.05) is 23.3 Å². The molecule has 0 saturated heterocycles. The van der Waals surface area contributed by atoms with Gasteiger partial charge in [0.25, 0.3) is 10.0 Å². The largest absolute Gasteiger partial charge is 0.269 e. The number of nitrogens with zero attached hydrogens (tertiary/aromatic N) is 4.